The molecule has 210 valence electrons. The van der Waals surface area contributed by atoms with Gasteiger partial charge in [0, 0.05) is 25.8 Å². The minimum Gasteiger partial charge on any atom is -0.325 e. The third kappa shape index (κ3) is 5.10. The van der Waals surface area contributed by atoms with E-state index in [9.17, 15) is 27.6 Å². The number of carbonyl (C=O) groups is 3. The molecule has 0 radical (unpaired) electrons. The predicted molar refractivity (Wildman–Crippen MR) is 161 cm³/mol. The maximum atomic E-state index is 13.8. The fraction of sp³-hybridized carbons (Fsp3) is 0.154. The number of nitrogens with zero attached hydrogens (tertiary/aromatic N) is 2. The number of thiophene rings is 1. The number of sulfonamides is 1. The standard InChI is InChI=1S/C26H19BrN4O6S4/c27-13-3-7-15(8-4-13)31-23(33)20-19(17-2-1-11-38-17)22-25(39-21(20)24(31)34)30(26(35)40-22)12-18(32)29-14-5-9-16(10-6-14)41(28,36)37/h1-11,19-21H,12H2,(H,29,32)(H2,28,36,37). The Balaban J connectivity index is 1.33. The number of carbonyl (C=O) groups excluding carboxylic acids is 3. The van der Waals surface area contributed by atoms with E-state index in [0.29, 0.717) is 21.3 Å². The van der Waals surface area contributed by atoms with Crippen LogP contribution in [0.3, 0.4) is 0 Å². The van der Waals surface area contributed by atoms with Gasteiger partial charge in [0.25, 0.3) is 0 Å². The molecule has 10 nitrogen and oxygen atoms in total. The molecule has 3 N–H and O–H groups in total. The van der Waals surface area contributed by atoms with Gasteiger partial charge in [0.05, 0.1) is 21.5 Å². The van der Waals surface area contributed by atoms with Gasteiger partial charge < -0.3 is 5.32 Å². The Morgan fingerprint density at radius 2 is 1.71 bits per heavy atom. The third-order valence-corrected chi connectivity index (χ3v) is 11.8. The Bertz CT molecular complexity index is 1850. The molecule has 4 heterocycles. The molecule has 1 saturated heterocycles. The van der Waals surface area contributed by atoms with Gasteiger partial charge in [-0.1, -0.05) is 45.1 Å². The molecule has 0 saturated carbocycles. The molecule has 3 atom stereocenters. The van der Waals surface area contributed by atoms with Crippen molar-refractivity contribution in [2.75, 3.05) is 10.2 Å². The lowest BCUT2D eigenvalue weighted by atomic mass is 9.87. The van der Waals surface area contributed by atoms with Gasteiger partial charge in [-0.15, -0.1) is 11.3 Å². The van der Waals surface area contributed by atoms with Crippen molar-refractivity contribution in [1.29, 1.82) is 0 Å². The molecule has 3 unspecified atom stereocenters. The quantitative estimate of drug-likeness (QED) is 0.292. The smallest absolute Gasteiger partial charge is 0.308 e. The van der Waals surface area contributed by atoms with Crippen LogP contribution in [-0.2, 0) is 31.0 Å². The molecule has 2 aliphatic rings. The van der Waals surface area contributed by atoms with Crippen molar-refractivity contribution in [2.24, 2.45) is 11.1 Å². The number of fused-ring (bicyclic) bond motifs is 2. The molecule has 2 aromatic carbocycles. The molecule has 3 amide bonds. The molecule has 15 heteroatoms. The number of primary sulfonamides is 1. The van der Waals surface area contributed by atoms with Crippen LogP contribution in [0.5, 0.6) is 0 Å². The molecule has 2 aliphatic heterocycles. The number of nitrogens with two attached hydrogens (primary N) is 1. The van der Waals surface area contributed by atoms with E-state index in [4.69, 9.17) is 5.14 Å². The van der Waals surface area contributed by atoms with Crippen LogP contribution in [-0.4, -0.2) is 36.0 Å². The number of imide groups is 1. The highest BCUT2D eigenvalue weighted by atomic mass is 79.9. The Morgan fingerprint density at radius 1 is 1.00 bits per heavy atom. The second kappa shape index (κ2) is 10.6. The summed E-state index contributed by atoms with van der Waals surface area (Å²) in [6.07, 6.45) is 0. The Hall–Kier alpha value is -3.08. The van der Waals surface area contributed by atoms with Crippen molar-refractivity contribution in [3.63, 3.8) is 0 Å². The van der Waals surface area contributed by atoms with Crippen molar-refractivity contribution >= 4 is 89.5 Å². The summed E-state index contributed by atoms with van der Waals surface area (Å²) in [7, 11) is -3.88. The summed E-state index contributed by atoms with van der Waals surface area (Å²) in [6, 6.07) is 16.0. The number of rotatable bonds is 6. The van der Waals surface area contributed by atoms with E-state index >= 15 is 0 Å². The predicted octanol–water partition coefficient (Wildman–Crippen LogP) is 3.82. The lowest BCUT2D eigenvalue weighted by Crippen LogP contribution is -2.32. The van der Waals surface area contributed by atoms with Crippen molar-refractivity contribution in [3.8, 4) is 0 Å². The Labute approximate surface area is 254 Å². The molecule has 41 heavy (non-hydrogen) atoms. The highest BCUT2D eigenvalue weighted by Crippen LogP contribution is 2.54. The topological polar surface area (TPSA) is 149 Å². The normalized spacial score (nSPS) is 20.1. The number of halogens is 1. The number of nitrogens with one attached hydrogen (secondary N) is 1. The van der Waals surface area contributed by atoms with E-state index in [1.807, 2.05) is 17.5 Å². The summed E-state index contributed by atoms with van der Waals surface area (Å²) in [4.78, 5) is 55.9. The number of thiazole rings is 1. The summed E-state index contributed by atoms with van der Waals surface area (Å²) in [5, 5.41) is 9.37. The van der Waals surface area contributed by atoms with Gasteiger partial charge in [-0.3, -0.25) is 23.7 Å². The lowest BCUT2D eigenvalue weighted by Gasteiger charge is -2.29. The largest absolute Gasteiger partial charge is 0.325 e. The maximum absolute atomic E-state index is 13.8. The summed E-state index contributed by atoms with van der Waals surface area (Å²) in [5.74, 6) is -2.44. The van der Waals surface area contributed by atoms with E-state index in [-0.39, 0.29) is 28.1 Å². The minimum atomic E-state index is -3.88. The highest BCUT2D eigenvalue weighted by Gasteiger charge is 2.57. The van der Waals surface area contributed by atoms with Gasteiger partial charge in [0.2, 0.25) is 27.7 Å². The number of aromatic nitrogens is 1. The number of thioether (sulfide) groups is 1. The second-order valence-electron chi connectivity index (χ2n) is 9.29. The Kier molecular flexibility index (Phi) is 7.28. The van der Waals surface area contributed by atoms with Gasteiger partial charge in [-0.05, 0) is 60.0 Å². The molecule has 0 aliphatic carbocycles. The van der Waals surface area contributed by atoms with Crippen molar-refractivity contribution in [2.45, 2.75) is 27.6 Å². The van der Waals surface area contributed by atoms with Crippen LogP contribution in [0.1, 0.15) is 15.7 Å². The molecule has 1 fully saturated rings. The average Bonchev–Trinajstić information content (AvgIpc) is 3.62. The van der Waals surface area contributed by atoms with Crippen molar-refractivity contribution < 1.29 is 22.8 Å². The molecule has 2 aromatic heterocycles. The van der Waals surface area contributed by atoms with Crippen LogP contribution < -0.4 is 20.2 Å². The first kappa shape index (κ1) is 28.1. The van der Waals surface area contributed by atoms with Gasteiger partial charge in [-0.25, -0.2) is 18.5 Å². The number of hydrogen-bond acceptors (Lipinski definition) is 9. The van der Waals surface area contributed by atoms with E-state index in [0.717, 1.165) is 32.4 Å². The van der Waals surface area contributed by atoms with E-state index < -0.39 is 33.0 Å². The fourth-order valence-corrected chi connectivity index (χ4v) is 9.45. The highest BCUT2D eigenvalue weighted by molar-refractivity contribution is 9.10. The van der Waals surface area contributed by atoms with Crippen LogP contribution in [0.15, 0.2) is 85.2 Å². The molecule has 0 spiro atoms. The molecular formula is C26H19BrN4O6S4. The van der Waals surface area contributed by atoms with E-state index in [1.165, 1.54) is 45.1 Å². The van der Waals surface area contributed by atoms with Crippen LogP contribution in [0.25, 0.3) is 0 Å². The number of hydrogen-bond donors (Lipinski definition) is 2. The van der Waals surface area contributed by atoms with Crippen molar-refractivity contribution in [3.05, 3.63) is 89.9 Å². The van der Waals surface area contributed by atoms with Crippen LogP contribution >= 0.6 is 50.4 Å². The summed E-state index contributed by atoms with van der Waals surface area (Å²) in [5.41, 5.74) is 0.794. The fourth-order valence-electron chi connectivity index (χ4n) is 4.95. The van der Waals surface area contributed by atoms with Crippen LogP contribution in [0.4, 0.5) is 11.4 Å². The van der Waals surface area contributed by atoms with Gasteiger partial charge in [-0.2, -0.15) is 0 Å². The maximum Gasteiger partial charge on any atom is 0.308 e. The first-order valence-corrected chi connectivity index (χ1v) is 16.9. The summed E-state index contributed by atoms with van der Waals surface area (Å²) >= 11 is 6.93. The van der Waals surface area contributed by atoms with E-state index in [2.05, 4.69) is 21.2 Å². The lowest BCUT2D eigenvalue weighted by molar-refractivity contribution is -0.122. The molecule has 0 bridgehead atoms. The van der Waals surface area contributed by atoms with Gasteiger partial charge in [0.1, 0.15) is 11.8 Å². The molecular weight excluding hydrogens is 672 g/mol. The number of amides is 3. The number of anilines is 2. The first-order chi connectivity index (χ1) is 19.5. The zero-order valence-electron chi connectivity index (χ0n) is 20.7. The summed E-state index contributed by atoms with van der Waals surface area (Å²) < 4.78 is 25.1. The minimum absolute atomic E-state index is 0.0999. The van der Waals surface area contributed by atoms with Gasteiger partial charge in [0.15, 0.2) is 0 Å². The van der Waals surface area contributed by atoms with E-state index in [1.54, 1.807) is 24.3 Å². The Morgan fingerprint density at radius 3 is 2.34 bits per heavy atom. The average molecular weight is 692 g/mol. The van der Waals surface area contributed by atoms with Crippen LogP contribution in [0, 0.1) is 5.92 Å². The zero-order valence-corrected chi connectivity index (χ0v) is 25.6. The van der Waals surface area contributed by atoms with Crippen LogP contribution in [0.2, 0.25) is 0 Å². The van der Waals surface area contributed by atoms with Crippen molar-refractivity contribution in [1.82, 2.24) is 4.57 Å². The SMILES string of the molecule is NS(=O)(=O)c1ccc(NC(=O)Cn2c3c(sc2=O)C(c2cccs2)C2C(=O)N(c4ccc(Br)cc4)C(=O)C2S3)cc1. The number of benzene rings is 2. The monoisotopic (exact) mass is 690 g/mol. The first-order valence-electron chi connectivity index (χ1n) is 12.0. The third-order valence-electron chi connectivity index (χ3n) is 6.75. The second-order valence-corrected chi connectivity index (χ2v) is 14.9. The molecule has 4 aromatic rings. The summed E-state index contributed by atoms with van der Waals surface area (Å²) in [6.45, 7) is -0.332. The zero-order chi connectivity index (χ0) is 29.1. The molecule has 6 rings (SSSR count). The van der Waals surface area contributed by atoms with Gasteiger partial charge >= 0.3 is 4.87 Å².